The Kier molecular flexibility index (Phi) is 3.13. The molecule has 0 aliphatic carbocycles. The van der Waals surface area contributed by atoms with Crippen molar-refractivity contribution in [2.75, 3.05) is 6.61 Å². The van der Waals surface area contributed by atoms with Gasteiger partial charge in [-0.2, -0.15) is 0 Å². The summed E-state index contributed by atoms with van der Waals surface area (Å²) in [5.41, 5.74) is 2.22. The summed E-state index contributed by atoms with van der Waals surface area (Å²) in [6.45, 7) is 6.61. The number of nitrogens with zero attached hydrogens (tertiary/aromatic N) is 1. The minimum Gasteiger partial charge on any atom is -0.491 e. The quantitative estimate of drug-likeness (QED) is 0.768. The molecule has 0 aromatic carbocycles. The number of aromatic nitrogens is 1. The largest absolute Gasteiger partial charge is 0.491 e. The van der Waals surface area contributed by atoms with Crippen LogP contribution in [-0.2, 0) is 12.8 Å². The van der Waals surface area contributed by atoms with Crippen molar-refractivity contribution in [2.24, 2.45) is 0 Å². The van der Waals surface area contributed by atoms with Gasteiger partial charge in [-0.3, -0.25) is 4.98 Å². The smallest absolute Gasteiger partial charge is 0.151 e. The topological polar surface area (TPSA) is 22.1 Å². The van der Waals surface area contributed by atoms with Crippen LogP contribution < -0.4 is 4.74 Å². The van der Waals surface area contributed by atoms with Gasteiger partial charge < -0.3 is 4.74 Å². The zero-order valence-corrected chi connectivity index (χ0v) is 10.1. The van der Waals surface area contributed by atoms with Gasteiger partial charge in [0.1, 0.15) is 5.75 Å². The van der Waals surface area contributed by atoms with E-state index in [9.17, 15) is 4.39 Å². The van der Waals surface area contributed by atoms with E-state index >= 15 is 0 Å². The van der Waals surface area contributed by atoms with Crippen molar-refractivity contribution in [3.63, 3.8) is 0 Å². The molecule has 0 saturated carbocycles. The fourth-order valence-electron chi connectivity index (χ4n) is 2.17. The van der Waals surface area contributed by atoms with E-state index in [0.29, 0.717) is 30.0 Å². The standard InChI is InChI=1S/C13H18FNO/c1-4-9-12(14)11(8(2)3)13-10(15-9)6-5-7-16-13/h8H,4-7H2,1-3H3. The van der Waals surface area contributed by atoms with E-state index in [-0.39, 0.29) is 11.7 Å². The summed E-state index contributed by atoms with van der Waals surface area (Å²) >= 11 is 0. The van der Waals surface area contributed by atoms with Gasteiger partial charge in [0.15, 0.2) is 5.82 Å². The fourth-order valence-corrected chi connectivity index (χ4v) is 2.17. The average molecular weight is 223 g/mol. The lowest BCUT2D eigenvalue weighted by molar-refractivity contribution is 0.277. The molecule has 1 aliphatic rings. The predicted molar refractivity (Wildman–Crippen MR) is 61.5 cm³/mol. The number of fused-ring (bicyclic) bond motifs is 1. The zero-order valence-electron chi connectivity index (χ0n) is 10.1. The zero-order chi connectivity index (χ0) is 11.7. The summed E-state index contributed by atoms with van der Waals surface area (Å²) < 4.78 is 19.8. The summed E-state index contributed by atoms with van der Waals surface area (Å²) in [7, 11) is 0. The summed E-state index contributed by atoms with van der Waals surface area (Å²) in [6, 6.07) is 0. The van der Waals surface area contributed by atoms with Crippen LogP contribution >= 0.6 is 0 Å². The number of hydrogen-bond donors (Lipinski definition) is 0. The Morgan fingerprint density at radius 2 is 2.19 bits per heavy atom. The minimum absolute atomic E-state index is 0.139. The molecular formula is C13H18FNO. The lowest BCUT2D eigenvalue weighted by Crippen LogP contribution is -2.16. The first-order valence-electron chi connectivity index (χ1n) is 5.99. The van der Waals surface area contributed by atoms with Crippen LogP contribution in [0, 0.1) is 5.82 Å². The first kappa shape index (κ1) is 11.4. The molecule has 0 saturated heterocycles. The molecule has 1 aromatic heterocycles. The first-order chi connectivity index (χ1) is 7.65. The third-order valence-corrected chi connectivity index (χ3v) is 2.98. The number of hydrogen-bond acceptors (Lipinski definition) is 2. The SMILES string of the molecule is CCc1nc2c(c(C(C)C)c1F)OCCC2. The minimum atomic E-state index is -0.168. The maximum Gasteiger partial charge on any atom is 0.151 e. The summed E-state index contributed by atoms with van der Waals surface area (Å²) in [5, 5.41) is 0. The van der Waals surface area contributed by atoms with Gasteiger partial charge in [-0.15, -0.1) is 0 Å². The Bertz CT molecular complexity index is 401. The number of pyridine rings is 1. The van der Waals surface area contributed by atoms with Crippen molar-refractivity contribution in [3.05, 3.63) is 22.8 Å². The Balaban J connectivity index is 2.62. The van der Waals surface area contributed by atoms with E-state index in [1.165, 1.54) is 0 Å². The molecule has 16 heavy (non-hydrogen) atoms. The van der Waals surface area contributed by atoms with Gasteiger partial charge in [0.2, 0.25) is 0 Å². The second-order valence-electron chi connectivity index (χ2n) is 4.52. The molecule has 2 rings (SSSR count). The van der Waals surface area contributed by atoms with Crippen molar-refractivity contribution in [1.29, 1.82) is 0 Å². The highest BCUT2D eigenvalue weighted by Crippen LogP contribution is 2.35. The third-order valence-electron chi connectivity index (χ3n) is 2.98. The third kappa shape index (κ3) is 1.79. The van der Waals surface area contributed by atoms with Crippen molar-refractivity contribution in [3.8, 4) is 5.75 Å². The van der Waals surface area contributed by atoms with Crippen LogP contribution in [0.2, 0.25) is 0 Å². The molecule has 2 heterocycles. The van der Waals surface area contributed by atoms with E-state index in [1.807, 2.05) is 20.8 Å². The Hall–Kier alpha value is -1.12. The average Bonchev–Trinajstić information content (AvgIpc) is 2.27. The number of ether oxygens (including phenoxy) is 1. The Labute approximate surface area is 95.8 Å². The van der Waals surface area contributed by atoms with Crippen LogP contribution in [0.4, 0.5) is 4.39 Å². The van der Waals surface area contributed by atoms with E-state index < -0.39 is 0 Å². The van der Waals surface area contributed by atoms with Crippen LogP contribution in [0.3, 0.4) is 0 Å². The number of rotatable bonds is 2. The molecule has 0 atom stereocenters. The molecule has 88 valence electrons. The maximum atomic E-state index is 14.2. The van der Waals surface area contributed by atoms with Crippen LogP contribution in [0.5, 0.6) is 5.75 Å². The van der Waals surface area contributed by atoms with Gasteiger partial charge in [-0.1, -0.05) is 20.8 Å². The summed E-state index contributed by atoms with van der Waals surface area (Å²) in [6.07, 6.45) is 2.52. The maximum absolute atomic E-state index is 14.2. The molecule has 0 unspecified atom stereocenters. The highest BCUT2D eigenvalue weighted by Gasteiger charge is 2.24. The van der Waals surface area contributed by atoms with E-state index in [0.717, 1.165) is 18.5 Å². The van der Waals surface area contributed by atoms with E-state index in [4.69, 9.17) is 4.74 Å². The van der Waals surface area contributed by atoms with Crippen LogP contribution in [0.15, 0.2) is 0 Å². The second-order valence-corrected chi connectivity index (χ2v) is 4.52. The highest BCUT2D eigenvalue weighted by atomic mass is 19.1. The highest BCUT2D eigenvalue weighted by molar-refractivity contribution is 5.43. The first-order valence-corrected chi connectivity index (χ1v) is 5.99. The second kappa shape index (κ2) is 4.40. The molecule has 0 spiro atoms. The van der Waals surface area contributed by atoms with Crippen molar-refractivity contribution < 1.29 is 9.13 Å². The predicted octanol–water partition coefficient (Wildman–Crippen LogP) is 3.23. The van der Waals surface area contributed by atoms with Crippen LogP contribution in [0.1, 0.15) is 50.1 Å². The molecule has 2 nitrogen and oxygen atoms in total. The molecule has 1 aliphatic heterocycles. The molecule has 0 radical (unpaired) electrons. The summed E-state index contributed by atoms with van der Waals surface area (Å²) in [5.74, 6) is 0.675. The number of halogens is 1. The Morgan fingerprint density at radius 1 is 1.44 bits per heavy atom. The van der Waals surface area contributed by atoms with Gasteiger partial charge in [0.05, 0.1) is 18.0 Å². The lowest BCUT2D eigenvalue weighted by Gasteiger charge is -2.23. The van der Waals surface area contributed by atoms with Gasteiger partial charge >= 0.3 is 0 Å². The van der Waals surface area contributed by atoms with Crippen molar-refractivity contribution >= 4 is 0 Å². The molecule has 3 heteroatoms. The normalized spacial score (nSPS) is 14.8. The van der Waals surface area contributed by atoms with Crippen LogP contribution in [0.25, 0.3) is 0 Å². The van der Waals surface area contributed by atoms with Crippen LogP contribution in [-0.4, -0.2) is 11.6 Å². The Morgan fingerprint density at radius 3 is 2.81 bits per heavy atom. The van der Waals surface area contributed by atoms with E-state index in [2.05, 4.69) is 4.98 Å². The van der Waals surface area contributed by atoms with Gasteiger partial charge in [0, 0.05) is 5.56 Å². The van der Waals surface area contributed by atoms with Gasteiger partial charge in [-0.05, 0) is 25.2 Å². The summed E-state index contributed by atoms with van der Waals surface area (Å²) in [4.78, 5) is 4.37. The molecule has 0 bridgehead atoms. The molecule has 1 aromatic rings. The monoisotopic (exact) mass is 223 g/mol. The fraction of sp³-hybridized carbons (Fsp3) is 0.615. The van der Waals surface area contributed by atoms with Gasteiger partial charge in [-0.25, -0.2) is 4.39 Å². The lowest BCUT2D eigenvalue weighted by atomic mass is 9.97. The van der Waals surface area contributed by atoms with Gasteiger partial charge in [0.25, 0.3) is 0 Å². The molecule has 0 fully saturated rings. The van der Waals surface area contributed by atoms with Crippen molar-refractivity contribution in [1.82, 2.24) is 4.98 Å². The molecule has 0 N–H and O–H groups in total. The molecular weight excluding hydrogens is 205 g/mol. The van der Waals surface area contributed by atoms with E-state index in [1.54, 1.807) is 0 Å². The van der Waals surface area contributed by atoms with Crippen molar-refractivity contribution in [2.45, 2.75) is 46.0 Å². The molecule has 0 amide bonds. The number of aryl methyl sites for hydroxylation is 2.